The lowest BCUT2D eigenvalue weighted by atomic mass is 10.1. The fraction of sp³-hybridized carbons (Fsp3) is 0.280. The van der Waals surface area contributed by atoms with Gasteiger partial charge in [0, 0.05) is 42.5 Å². The molecule has 3 heterocycles. The highest BCUT2D eigenvalue weighted by atomic mass is 16.5. The van der Waals surface area contributed by atoms with Crippen molar-refractivity contribution in [1.82, 2.24) is 33.7 Å². The number of benzene rings is 2. The maximum Gasteiger partial charge on any atom is 0.333 e. The molecule has 1 saturated carbocycles. The molecule has 0 spiro atoms. The third kappa shape index (κ3) is 3.23. The number of aryl methyl sites for hydroxylation is 2. The number of ether oxygens (including phenoxy) is 1. The quantitative estimate of drug-likeness (QED) is 0.385. The van der Waals surface area contributed by atoms with Crippen LogP contribution in [0, 0.1) is 0 Å². The van der Waals surface area contributed by atoms with E-state index in [0.29, 0.717) is 11.5 Å². The zero-order chi connectivity index (χ0) is 23.4. The minimum absolute atomic E-state index is 0.0157. The van der Waals surface area contributed by atoms with E-state index in [0.717, 1.165) is 47.4 Å². The largest absolute Gasteiger partial charge is 0.455 e. The van der Waals surface area contributed by atoms with E-state index in [1.807, 2.05) is 71.2 Å². The Balaban J connectivity index is 1.35. The van der Waals surface area contributed by atoms with E-state index >= 15 is 0 Å². The van der Waals surface area contributed by atoms with Crippen molar-refractivity contribution in [3.63, 3.8) is 0 Å². The Hall–Kier alpha value is -4.14. The lowest BCUT2D eigenvalue weighted by Crippen LogP contribution is -2.29. The summed E-state index contributed by atoms with van der Waals surface area (Å²) in [6.07, 6.45) is 9.33. The van der Waals surface area contributed by atoms with Gasteiger partial charge in [0.1, 0.15) is 17.6 Å². The topological polar surface area (TPSA) is 84.7 Å². The van der Waals surface area contributed by atoms with E-state index < -0.39 is 0 Å². The summed E-state index contributed by atoms with van der Waals surface area (Å²) in [5.41, 5.74) is 2.55. The summed E-state index contributed by atoms with van der Waals surface area (Å²) < 4.78 is 13.6. The monoisotopic (exact) mass is 455 g/mol. The van der Waals surface area contributed by atoms with E-state index in [1.165, 1.54) is 0 Å². The van der Waals surface area contributed by atoms with E-state index in [2.05, 4.69) is 29.1 Å². The Bertz CT molecular complexity index is 1570. The van der Waals surface area contributed by atoms with Gasteiger partial charge in [-0.2, -0.15) is 5.10 Å². The number of imidazole rings is 1. The molecule has 172 valence electrons. The molecule has 0 amide bonds. The van der Waals surface area contributed by atoms with Crippen molar-refractivity contribution in [3.05, 3.63) is 71.8 Å². The number of nitrogens with zero attached hydrogens (tertiary/aromatic N) is 7. The zero-order valence-electron chi connectivity index (χ0n) is 19.3. The highest BCUT2D eigenvalue weighted by molar-refractivity contribution is 5.89. The molecule has 0 unspecified atom stereocenters. The van der Waals surface area contributed by atoms with Crippen molar-refractivity contribution in [3.8, 4) is 28.6 Å². The van der Waals surface area contributed by atoms with Crippen molar-refractivity contribution < 1.29 is 4.74 Å². The average Bonchev–Trinajstić information content (AvgIpc) is 3.20. The third-order valence-electron chi connectivity index (χ3n) is 6.69. The summed E-state index contributed by atoms with van der Waals surface area (Å²) >= 11 is 0. The second kappa shape index (κ2) is 7.44. The van der Waals surface area contributed by atoms with E-state index in [4.69, 9.17) is 4.74 Å². The first-order valence-corrected chi connectivity index (χ1v) is 11.4. The molecule has 1 fully saturated rings. The summed E-state index contributed by atoms with van der Waals surface area (Å²) in [6.45, 7) is 4.94. The summed E-state index contributed by atoms with van der Waals surface area (Å²) in [6, 6.07) is 11.6. The van der Waals surface area contributed by atoms with Gasteiger partial charge in [-0.1, -0.05) is 0 Å². The highest BCUT2D eigenvalue weighted by Gasteiger charge is 2.40. The standard InChI is InChI=1S/C25H25N7O2/c1-4-30-16-26-28-23(30)17-13-18-15-27-29(3)22(18)21(14-17)34-20-7-5-19(6-8-20)31-11-12-32(24(31)33)25(2)9-10-25/h5-8,11-16H,4,9-10H2,1-3H3. The van der Waals surface area contributed by atoms with Gasteiger partial charge in [0.15, 0.2) is 11.6 Å². The van der Waals surface area contributed by atoms with Gasteiger partial charge in [0.25, 0.3) is 0 Å². The van der Waals surface area contributed by atoms with E-state index in [-0.39, 0.29) is 11.2 Å². The Morgan fingerprint density at radius 3 is 2.65 bits per heavy atom. The molecule has 0 bridgehead atoms. The summed E-state index contributed by atoms with van der Waals surface area (Å²) in [7, 11) is 1.89. The van der Waals surface area contributed by atoms with Crippen LogP contribution in [0.15, 0.2) is 66.1 Å². The fourth-order valence-electron chi connectivity index (χ4n) is 4.41. The highest BCUT2D eigenvalue weighted by Crippen LogP contribution is 2.41. The number of aromatic nitrogens is 7. The smallest absolute Gasteiger partial charge is 0.333 e. The van der Waals surface area contributed by atoms with Gasteiger partial charge in [0.2, 0.25) is 0 Å². The first-order valence-electron chi connectivity index (χ1n) is 11.4. The maximum absolute atomic E-state index is 12.9. The Morgan fingerprint density at radius 1 is 1.12 bits per heavy atom. The molecule has 34 heavy (non-hydrogen) atoms. The SMILES string of the molecule is CCn1cnnc1-c1cc(Oc2ccc(-n3ccn(C4(C)CC4)c3=O)cc2)c2c(cnn2C)c1. The van der Waals surface area contributed by atoms with Crippen molar-refractivity contribution in [2.75, 3.05) is 0 Å². The number of hydrogen-bond acceptors (Lipinski definition) is 5. The van der Waals surface area contributed by atoms with Gasteiger partial charge in [-0.05, 0) is 63.1 Å². The van der Waals surface area contributed by atoms with Crippen LogP contribution in [0.2, 0.25) is 0 Å². The molecule has 9 nitrogen and oxygen atoms in total. The predicted molar refractivity (Wildman–Crippen MR) is 128 cm³/mol. The predicted octanol–water partition coefficient (Wildman–Crippen LogP) is 4.11. The summed E-state index contributed by atoms with van der Waals surface area (Å²) in [5, 5.41) is 13.7. The van der Waals surface area contributed by atoms with Crippen molar-refractivity contribution >= 4 is 10.9 Å². The molecule has 0 atom stereocenters. The third-order valence-corrected chi connectivity index (χ3v) is 6.69. The van der Waals surface area contributed by atoms with Crippen LogP contribution in [0.5, 0.6) is 11.5 Å². The van der Waals surface area contributed by atoms with Crippen molar-refractivity contribution in [1.29, 1.82) is 0 Å². The summed E-state index contributed by atoms with van der Waals surface area (Å²) in [4.78, 5) is 12.9. The molecule has 0 N–H and O–H groups in total. The lowest BCUT2D eigenvalue weighted by Gasteiger charge is -2.12. The van der Waals surface area contributed by atoms with Crippen LogP contribution >= 0.6 is 0 Å². The number of rotatable bonds is 6. The van der Waals surface area contributed by atoms with Crippen molar-refractivity contribution in [2.24, 2.45) is 7.05 Å². The first kappa shape index (κ1) is 20.5. The Labute approximate surface area is 195 Å². The lowest BCUT2D eigenvalue weighted by molar-refractivity contribution is 0.484. The second-order valence-corrected chi connectivity index (χ2v) is 9.03. The van der Waals surface area contributed by atoms with Crippen molar-refractivity contribution in [2.45, 2.75) is 38.8 Å². The molecular weight excluding hydrogens is 430 g/mol. The zero-order valence-corrected chi connectivity index (χ0v) is 19.3. The first-order chi connectivity index (χ1) is 16.5. The fourth-order valence-corrected chi connectivity index (χ4v) is 4.41. The number of fused-ring (bicyclic) bond motifs is 1. The minimum Gasteiger partial charge on any atom is -0.455 e. The normalized spacial score (nSPS) is 14.6. The van der Waals surface area contributed by atoms with Gasteiger partial charge in [0.05, 0.1) is 11.9 Å². The Morgan fingerprint density at radius 2 is 1.91 bits per heavy atom. The van der Waals surface area contributed by atoms with Gasteiger partial charge in [-0.15, -0.1) is 10.2 Å². The van der Waals surface area contributed by atoms with Crippen LogP contribution in [0.25, 0.3) is 28.0 Å². The van der Waals surface area contributed by atoms with Crippen LogP contribution in [-0.4, -0.2) is 33.7 Å². The molecule has 1 aliphatic carbocycles. The average molecular weight is 456 g/mol. The molecule has 2 aromatic carbocycles. The van der Waals surface area contributed by atoms with Gasteiger partial charge >= 0.3 is 5.69 Å². The molecule has 5 aromatic rings. The van der Waals surface area contributed by atoms with E-state index in [1.54, 1.807) is 15.6 Å². The Kier molecular flexibility index (Phi) is 4.48. The van der Waals surface area contributed by atoms with Crippen LogP contribution < -0.4 is 10.4 Å². The number of hydrogen-bond donors (Lipinski definition) is 0. The molecule has 0 radical (unpaired) electrons. The molecular formula is C25H25N7O2. The molecule has 1 aliphatic rings. The van der Waals surface area contributed by atoms with E-state index in [9.17, 15) is 4.79 Å². The van der Waals surface area contributed by atoms with Crippen LogP contribution in [0.1, 0.15) is 26.7 Å². The van der Waals surface area contributed by atoms with Crippen LogP contribution in [0.3, 0.4) is 0 Å². The molecule has 3 aromatic heterocycles. The molecule has 0 aliphatic heterocycles. The maximum atomic E-state index is 12.9. The summed E-state index contributed by atoms with van der Waals surface area (Å²) in [5.74, 6) is 2.12. The van der Waals surface area contributed by atoms with Gasteiger partial charge in [-0.25, -0.2) is 4.79 Å². The minimum atomic E-state index is -0.0348. The molecule has 9 heteroatoms. The second-order valence-electron chi connectivity index (χ2n) is 9.03. The van der Waals surface area contributed by atoms with Crippen LogP contribution in [-0.2, 0) is 19.1 Å². The van der Waals surface area contributed by atoms with Crippen LogP contribution in [0.4, 0.5) is 0 Å². The molecule has 0 saturated heterocycles. The van der Waals surface area contributed by atoms with Gasteiger partial charge < -0.3 is 9.30 Å². The molecule has 6 rings (SSSR count). The van der Waals surface area contributed by atoms with Gasteiger partial charge in [-0.3, -0.25) is 13.8 Å².